The number of fused-ring (bicyclic) bond motifs is 2. The van der Waals surface area contributed by atoms with E-state index in [1.165, 1.54) is 34.4 Å². The van der Waals surface area contributed by atoms with Gasteiger partial charge in [-0.2, -0.15) is 0 Å². The molecule has 0 saturated heterocycles. The van der Waals surface area contributed by atoms with E-state index in [2.05, 4.69) is 34.3 Å². The van der Waals surface area contributed by atoms with Gasteiger partial charge in [0.05, 0.1) is 0 Å². The summed E-state index contributed by atoms with van der Waals surface area (Å²) in [7, 11) is 0. The molecular formula is C13H14AsClN2. The first-order chi connectivity index (χ1) is 8.19. The molecule has 1 aromatic heterocycles. The van der Waals surface area contributed by atoms with Gasteiger partial charge in [0.2, 0.25) is 0 Å². The summed E-state index contributed by atoms with van der Waals surface area (Å²) < 4.78 is 0.787. The van der Waals surface area contributed by atoms with Gasteiger partial charge in [-0.1, -0.05) is 24.3 Å². The Hall–Kier alpha value is -0.852. The third kappa shape index (κ3) is 3.31. The Balaban J connectivity index is 0.000000134. The summed E-state index contributed by atoms with van der Waals surface area (Å²) in [6.45, 7) is 2.03. The van der Waals surface area contributed by atoms with E-state index in [1.54, 1.807) is 6.20 Å². The summed E-state index contributed by atoms with van der Waals surface area (Å²) in [5.41, 5.74) is 3.95. The van der Waals surface area contributed by atoms with Gasteiger partial charge < -0.3 is 0 Å². The van der Waals surface area contributed by atoms with Crippen molar-refractivity contribution in [2.75, 3.05) is 0 Å². The third-order valence-electron chi connectivity index (χ3n) is 2.64. The topological polar surface area (TPSA) is 25.8 Å². The van der Waals surface area contributed by atoms with Crippen LogP contribution in [0.3, 0.4) is 0 Å². The van der Waals surface area contributed by atoms with Crippen LogP contribution < -0.4 is 4.61 Å². The van der Waals surface area contributed by atoms with Crippen molar-refractivity contribution >= 4 is 33.1 Å². The summed E-state index contributed by atoms with van der Waals surface area (Å²) >= 11 is 7.18. The minimum absolute atomic E-state index is 0.594. The fraction of sp³-hybridized carbons (Fsp3) is 0.231. The van der Waals surface area contributed by atoms with Crippen molar-refractivity contribution in [3.63, 3.8) is 0 Å². The van der Waals surface area contributed by atoms with Gasteiger partial charge in [0.25, 0.3) is 0 Å². The van der Waals surface area contributed by atoms with Crippen LogP contribution in [0.5, 0.6) is 0 Å². The summed E-state index contributed by atoms with van der Waals surface area (Å²) in [5.74, 6) is 0. The second kappa shape index (κ2) is 5.66. The van der Waals surface area contributed by atoms with E-state index >= 15 is 0 Å². The number of hydrogen-bond donors (Lipinski definition) is 0. The van der Waals surface area contributed by atoms with Crippen LogP contribution >= 0.6 is 11.6 Å². The Morgan fingerprint density at radius 1 is 1.29 bits per heavy atom. The molecule has 0 spiro atoms. The standard InChI is InChI=1S/C7H6.C6H8AsClN2/c1-2-7-4-3-6(1)5-7;1-2-4-3-9-6(7)10-5(4)8/h1-4H,5H2;3H,2,7H2,1H3. The van der Waals surface area contributed by atoms with Gasteiger partial charge in [-0.3, -0.25) is 0 Å². The number of nitrogens with zero attached hydrogens (tertiary/aromatic N) is 2. The first kappa shape index (κ1) is 12.6. The molecule has 1 aromatic rings. The van der Waals surface area contributed by atoms with Crippen LogP contribution in [0.4, 0.5) is 0 Å². The molecule has 4 heteroatoms. The molecule has 1 heterocycles. The Morgan fingerprint density at radius 2 is 1.94 bits per heavy atom. The normalized spacial score (nSPS) is 15.2. The molecule has 0 aromatic carbocycles. The van der Waals surface area contributed by atoms with E-state index < -0.39 is 0 Å². The van der Waals surface area contributed by atoms with Crippen molar-refractivity contribution < 1.29 is 0 Å². The maximum atomic E-state index is 5.79. The SMILES string of the molecule is C1=CC2=CC=C1C2.CCc1cnc([AsH2])nc1Cl. The number of aromatic nitrogens is 2. The molecule has 0 saturated carbocycles. The third-order valence-corrected chi connectivity index (χ3v) is 3.55. The Kier molecular flexibility index (Phi) is 4.19. The molecule has 0 amide bonds. The van der Waals surface area contributed by atoms with Gasteiger partial charge in [0.15, 0.2) is 0 Å². The fourth-order valence-electron chi connectivity index (χ4n) is 1.65. The van der Waals surface area contributed by atoms with Gasteiger partial charge in [-0.15, -0.1) is 0 Å². The zero-order valence-electron chi connectivity index (χ0n) is 9.65. The number of allylic oxidation sites excluding steroid dienone is 6. The molecule has 3 rings (SSSR count). The number of halogens is 1. The molecule has 2 aliphatic rings. The van der Waals surface area contributed by atoms with E-state index in [4.69, 9.17) is 11.6 Å². The molecule has 0 N–H and O–H groups in total. The van der Waals surface area contributed by atoms with Crippen LogP contribution in [-0.2, 0) is 6.42 Å². The molecule has 2 nitrogen and oxygen atoms in total. The predicted molar refractivity (Wildman–Crippen MR) is 74.5 cm³/mol. The molecular weight excluding hydrogens is 295 g/mol. The number of hydrogen-bond acceptors (Lipinski definition) is 2. The fourth-order valence-corrected chi connectivity index (χ4v) is 2.51. The van der Waals surface area contributed by atoms with Crippen molar-refractivity contribution in [2.24, 2.45) is 0 Å². The molecule has 88 valence electrons. The van der Waals surface area contributed by atoms with Gasteiger partial charge >= 0.3 is 73.3 Å². The van der Waals surface area contributed by atoms with Gasteiger partial charge in [-0.05, 0) is 17.6 Å². The molecule has 1 atom stereocenters. The average Bonchev–Trinajstić information content (AvgIpc) is 2.94. The van der Waals surface area contributed by atoms with Gasteiger partial charge in [0.1, 0.15) is 0 Å². The van der Waals surface area contributed by atoms with E-state index in [0.29, 0.717) is 5.15 Å². The maximum absolute atomic E-state index is 5.79. The summed E-state index contributed by atoms with van der Waals surface area (Å²) in [4.78, 5) is 8.07. The first-order valence-electron chi connectivity index (χ1n) is 5.53. The second-order valence-corrected chi connectivity index (χ2v) is 5.33. The molecule has 1 unspecified atom stereocenters. The molecule has 2 bridgehead atoms. The van der Waals surface area contributed by atoms with E-state index in [1.807, 2.05) is 6.92 Å². The number of rotatable bonds is 1. The molecule has 2 aliphatic carbocycles. The van der Waals surface area contributed by atoms with Crippen molar-refractivity contribution in [2.45, 2.75) is 19.8 Å². The van der Waals surface area contributed by atoms with Crippen molar-refractivity contribution in [3.05, 3.63) is 52.4 Å². The van der Waals surface area contributed by atoms with E-state index in [-0.39, 0.29) is 0 Å². The summed E-state index contributed by atoms with van der Waals surface area (Å²) in [5, 5.41) is 0.594. The second-order valence-electron chi connectivity index (χ2n) is 3.89. The van der Waals surface area contributed by atoms with Crippen LogP contribution in [0, 0.1) is 0 Å². The Bertz CT molecular complexity index is 498. The monoisotopic (exact) mass is 308 g/mol. The minimum atomic E-state index is 0.594. The summed E-state index contributed by atoms with van der Waals surface area (Å²) in [6, 6.07) is 0. The quantitative estimate of drug-likeness (QED) is 0.584. The van der Waals surface area contributed by atoms with E-state index in [0.717, 1.165) is 16.6 Å². The van der Waals surface area contributed by atoms with Crippen LogP contribution in [-0.4, -0.2) is 26.8 Å². The van der Waals surface area contributed by atoms with Crippen LogP contribution in [0.15, 0.2) is 41.6 Å². The van der Waals surface area contributed by atoms with Crippen molar-refractivity contribution in [1.29, 1.82) is 0 Å². The molecule has 0 radical (unpaired) electrons. The average molecular weight is 309 g/mol. The molecule has 0 fully saturated rings. The Morgan fingerprint density at radius 3 is 2.29 bits per heavy atom. The zero-order valence-corrected chi connectivity index (χ0v) is 12.8. The molecule has 17 heavy (non-hydrogen) atoms. The predicted octanol–water partition coefficient (Wildman–Crippen LogP) is 1.76. The van der Waals surface area contributed by atoms with Crippen LogP contribution in [0.1, 0.15) is 18.9 Å². The molecule has 0 aliphatic heterocycles. The van der Waals surface area contributed by atoms with E-state index in [9.17, 15) is 0 Å². The van der Waals surface area contributed by atoms with Crippen molar-refractivity contribution in [3.8, 4) is 0 Å². The summed E-state index contributed by atoms with van der Waals surface area (Å²) in [6.07, 6.45) is 12.6. The zero-order chi connectivity index (χ0) is 12.3. The first-order valence-corrected chi connectivity index (χ1v) is 7.12. The van der Waals surface area contributed by atoms with Gasteiger partial charge in [-0.25, -0.2) is 0 Å². The Labute approximate surface area is 115 Å². The van der Waals surface area contributed by atoms with Crippen molar-refractivity contribution in [1.82, 2.24) is 9.97 Å². The number of aryl methyl sites for hydroxylation is 1. The van der Waals surface area contributed by atoms with Crippen LogP contribution in [0.2, 0.25) is 5.15 Å². The van der Waals surface area contributed by atoms with Crippen LogP contribution in [0.25, 0.3) is 0 Å². The van der Waals surface area contributed by atoms with Gasteiger partial charge in [0, 0.05) is 0 Å².